The van der Waals surface area contributed by atoms with Crippen molar-refractivity contribution in [3.8, 4) is 0 Å². The van der Waals surface area contributed by atoms with Crippen molar-refractivity contribution in [2.24, 2.45) is 11.7 Å². The van der Waals surface area contributed by atoms with Crippen LogP contribution in [-0.4, -0.2) is 33.4 Å². The molecule has 0 spiro atoms. The normalized spacial score (nSPS) is 12.5. The summed E-state index contributed by atoms with van der Waals surface area (Å²) in [4.78, 5) is 35.4. The van der Waals surface area contributed by atoms with Crippen molar-refractivity contribution >= 4 is 50.9 Å². The summed E-state index contributed by atoms with van der Waals surface area (Å²) < 4.78 is 21.7. The highest BCUT2D eigenvalue weighted by Crippen LogP contribution is 2.33. The Bertz CT molecular complexity index is 1720. The summed E-state index contributed by atoms with van der Waals surface area (Å²) in [7, 11) is 0. The zero-order valence-corrected chi connectivity index (χ0v) is 23.4. The van der Waals surface area contributed by atoms with Crippen molar-refractivity contribution in [3.63, 3.8) is 0 Å². The maximum absolute atomic E-state index is 14.2. The van der Waals surface area contributed by atoms with Crippen molar-refractivity contribution < 1.29 is 13.6 Å². The third-order valence-electron chi connectivity index (χ3n) is 6.62. The second-order valence-electron chi connectivity index (χ2n) is 9.85. The minimum absolute atomic E-state index is 0.0459. The Hall–Kier alpha value is -3.53. The largest absolute Gasteiger partial charge is 0.448 e. The molecule has 1 atom stereocenters. The van der Waals surface area contributed by atoms with Crippen molar-refractivity contribution in [2.75, 3.05) is 13.1 Å². The van der Waals surface area contributed by atoms with Gasteiger partial charge in [0.2, 0.25) is 5.58 Å². The van der Waals surface area contributed by atoms with Crippen LogP contribution in [0.1, 0.15) is 46.5 Å². The highest BCUT2D eigenvalue weighted by molar-refractivity contribution is 7.10. The Labute approximate surface area is 233 Å². The van der Waals surface area contributed by atoms with Crippen LogP contribution in [0.5, 0.6) is 0 Å². The average molecular weight is 567 g/mol. The lowest BCUT2D eigenvalue weighted by molar-refractivity contribution is 0.0612. The van der Waals surface area contributed by atoms with E-state index in [-0.39, 0.29) is 42.6 Å². The predicted octanol–water partition coefficient (Wildman–Crippen LogP) is 6.15. The van der Waals surface area contributed by atoms with E-state index in [1.165, 1.54) is 29.5 Å². The van der Waals surface area contributed by atoms with Gasteiger partial charge in [0.25, 0.3) is 11.5 Å². The minimum Gasteiger partial charge on any atom is -0.448 e. The molecule has 5 rings (SSSR count). The van der Waals surface area contributed by atoms with Crippen molar-refractivity contribution in [2.45, 2.75) is 33.4 Å². The predicted molar refractivity (Wildman–Crippen MR) is 153 cm³/mol. The molecule has 2 N–H and O–H groups in total. The molecule has 0 radical (unpaired) electrons. The third-order valence-corrected chi connectivity index (χ3v) is 7.91. The van der Waals surface area contributed by atoms with Crippen molar-refractivity contribution in [3.05, 3.63) is 96.9 Å². The molecule has 0 aliphatic heterocycles. The van der Waals surface area contributed by atoms with Crippen molar-refractivity contribution in [1.82, 2.24) is 14.5 Å². The van der Waals surface area contributed by atoms with E-state index in [0.29, 0.717) is 27.4 Å². The van der Waals surface area contributed by atoms with E-state index in [4.69, 9.17) is 26.7 Å². The summed E-state index contributed by atoms with van der Waals surface area (Å²) in [5.41, 5.74) is 7.79. The topological polar surface area (TPSA) is 94.4 Å². The van der Waals surface area contributed by atoms with E-state index in [1.807, 2.05) is 32.2 Å². The Balaban J connectivity index is 1.76. The first-order chi connectivity index (χ1) is 18.7. The first-order valence-electron chi connectivity index (χ1n) is 12.6. The monoisotopic (exact) mass is 566 g/mol. The number of furan rings is 1. The number of amides is 1. The molecule has 3 aromatic heterocycles. The van der Waals surface area contributed by atoms with Crippen LogP contribution in [0.3, 0.4) is 0 Å². The summed E-state index contributed by atoms with van der Waals surface area (Å²) >= 11 is 7.60. The van der Waals surface area contributed by atoms with Gasteiger partial charge in [-0.05, 0) is 72.3 Å². The van der Waals surface area contributed by atoms with Gasteiger partial charge in [-0.1, -0.05) is 25.4 Å². The molecule has 2 aromatic carbocycles. The number of carbonyl (C=O) groups excluding carboxylic acids is 1. The minimum atomic E-state index is -0.617. The van der Waals surface area contributed by atoms with Crippen LogP contribution in [-0.2, 0) is 6.54 Å². The van der Waals surface area contributed by atoms with Gasteiger partial charge in [-0.25, -0.2) is 9.37 Å². The number of nitrogens with two attached hydrogens (primary N) is 1. The molecular weight excluding hydrogens is 539 g/mol. The second kappa shape index (κ2) is 10.9. The van der Waals surface area contributed by atoms with Gasteiger partial charge in [-0.3, -0.25) is 14.2 Å². The fourth-order valence-electron chi connectivity index (χ4n) is 4.88. The molecule has 5 aromatic rings. The number of hydrogen-bond acceptors (Lipinski definition) is 6. The SMILES string of the molecule is Cc1csc(Cn2c(C(C(C)C)N(CCN)C(=O)c3ccc(Cl)cc3)nc3c(oc4ccc(F)cc43)c2=O)c1. The lowest BCUT2D eigenvalue weighted by atomic mass is 9.99. The van der Waals surface area contributed by atoms with E-state index < -0.39 is 17.4 Å². The first-order valence-corrected chi connectivity index (χ1v) is 13.9. The number of halogens is 2. The van der Waals surface area contributed by atoms with Gasteiger partial charge in [0, 0.05) is 33.9 Å². The number of aryl methyl sites for hydroxylation is 1. The summed E-state index contributed by atoms with van der Waals surface area (Å²) in [6.07, 6.45) is 0. The molecule has 39 heavy (non-hydrogen) atoms. The van der Waals surface area contributed by atoms with E-state index in [1.54, 1.807) is 33.7 Å². The van der Waals surface area contributed by atoms with Crippen LogP contribution in [0.25, 0.3) is 22.1 Å². The molecule has 0 aliphatic rings. The van der Waals surface area contributed by atoms with Gasteiger partial charge in [-0.2, -0.15) is 0 Å². The fourth-order valence-corrected chi connectivity index (χ4v) is 5.87. The molecule has 10 heteroatoms. The van der Waals surface area contributed by atoms with Gasteiger partial charge in [-0.15, -0.1) is 11.3 Å². The quantitative estimate of drug-likeness (QED) is 0.243. The number of benzene rings is 2. The van der Waals surface area contributed by atoms with Crippen LogP contribution < -0.4 is 11.3 Å². The van der Waals surface area contributed by atoms with E-state index >= 15 is 0 Å². The molecule has 0 saturated carbocycles. The van der Waals surface area contributed by atoms with Gasteiger partial charge in [0.1, 0.15) is 22.7 Å². The number of hydrogen-bond donors (Lipinski definition) is 1. The van der Waals surface area contributed by atoms with Gasteiger partial charge in [0.05, 0.1) is 12.6 Å². The van der Waals surface area contributed by atoms with Gasteiger partial charge >= 0.3 is 0 Å². The van der Waals surface area contributed by atoms with Crippen LogP contribution in [0.15, 0.2) is 63.1 Å². The maximum Gasteiger partial charge on any atom is 0.297 e. The highest BCUT2D eigenvalue weighted by atomic mass is 35.5. The molecule has 1 amide bonds. The molecule has 0 aliphatic carbocycles. The smallest absolute Gasteiger partial charge is 0.297 e. The average Bonchev–Trinajstić information content (AvgIpc) is 3.48. The molecule has 1 unspecified atom stereocenters. The fraction of sp³-hybridized carbons (Fsp3) is 0.276. The molecule has 7 nitrogen and oxygen atoms in total. The second-order valence-corrected chi connectivity index (χ2v) is 11.3. The number of nitrogens with zero attached hydrogens (tertiary/aromatic N) is 3. The Morgan fingerprint density at radius 2 is 1.95 bits per heavy atom. The number of thiophene rings is 1. The Morgan fingerprint density at radius 1 is 1.21 bits per heavy atom. The molecule has 0 bridgehead atoms. The summed E-state index contributed by atoms with van der Waals surface area (Å²) in [6.45, 7) is 6.61. The third kappa shape index (κ3) is 5.22. The summed E-state index contributed by atoms with van der Waals surface area (Å²) in [6, 6.07) is 12.1. The molecular formula is C29H28ClFN4O3S. The zero-order chi connectivity index (χ0) is 27.8. The molecule has 0 fully saturated rings. The van der Waals surface area contributed by atoms with Crippen LogP contribution in [0.2, 0.25) is 5.02 Å². The zero-order valence-electron chi connectivity index (χ0n) is 21.8. The molecule has 3 heterocycles. The lowest BCUT2D eigenvalue weighted by Gasteiger charge is -2.35. The molecule has 202 valence electrons. The highest BCUT2D eigenvalue weighted by Gasteiger charge is 2.33. The van der Waals surface area contributed by atoms with Gasteiger partial charge < -0.3 is 15.1 Å². The molecule has 0 saturated heterocycles. The van der Waals surface area contributed by atoms with E-state index in [0.717, 1.165) is 10.4 Å². The van der Waals surface area contributed by atoms with E-state index in [2.05, 4.69) is 0 Å². The Morgan fingerprint density at radius 3 is 2.59 bits per heavy atom. The summed E-state index contributed by atoms with van der Waals surface area (Å²) in [5.74, 6) is -0.485. The number of rotatable bonds is 8. The number of fused-ring (bicyclic) bond motifs is 3. The van der Waals surface area contributed by atoms with Crippen LogP contribution in [0, 0.1) is 18.7 Å². The van der Waals surface area contributed by atoms with E-state index in [9.17, 15) is 14.0 Å². The van der Waals surface area contributed by atoms with Crippen molar-refractivity contribution in [1.29, 1.82) is 0 Å². The number of aromatic nitrogens is 2. The summed E-state index contributed by atoms with van der Waals surface area (Å²) in [5, 5.41) is 2.93. The van der Waals surface area contributed by atoms with Gasteiger partial charge in [0.15, 0.2) is 0 Å². The standard InChI is InChI=1S/C29H28ClFN4O3S/c1-16(2)25(34(11-10-32)28(36)18-4-6-19(30)7-5-18)27-33-24-22-13-20(31)8-9-23(22)38-26(24)29(37)35(27)14-21-12-17(3)15-39-21/h4-9,12-13,15-16,25H,10-11,14,32H2,1-3H3. The Kier molecular flexibility index (Phi) is 7.57. The number of carbonyl (C=O) groups is 1. The maximum atomic E-state index is 14.2. The lowest BCUT2D eigenvalue weighted by Crippen LogP contribution is -2.43. The van der Waals surface area contributed by atoms with Crippen LogP contribution in [0.4, 0.5) is 4.39 Å². The first kappa shape index (κ1) is 27.1. The van der Waals surface area contributed by atoms with Crippen LogP contribution >= 0.6 is 22.9 Å².